The van der Waals surface area contributed by atoms with Crippen LogP contribution >= 0.6 is 0 Å². The summed E-state index contributed by atoms with van der Waals surface area (Å²) in [4.78, 5) is 21.6. The quantitative estimate of drug-likeness (QED) is 0.745. The fourth-order valence-corrected chi connectivity index (χ4v) is 3.64. The van der Waals surface area contributed by atoms with Crippen LogP contribution in [0.1, 0.15) is 55.4 Å². The second kappa shape index (κ2) is 7.30. The van der Waals surface area contributed by atoms with Crippen LogP contribution < -0.4 is 5.32 Å². The van der Waals surface area contributed by atoms with E-state index in [1.54, 1.807) is 29.3 Å². The number of hydrogen-bond donors (Lipinski definition) is 1. The van der Waals surface area contributed by atoms with Gasteiger partial charge in [0.05, 0.1) is 0 Å². The summed E-state index contributed by atoms with van der Waals surface area (Å²) < 4.78 is 7.29. The minimum atomic E-state index is -0.647. The fourth-order valence-electron chi connectivity index (χ4n) is 3.64. The lowest BCUT2D eigenvalue weighted by Gasteiger charge is -2.34. The summed E-state index contributed by atoms with van der Waals surface area (Å²) in [6, 6.07) is 5.44. The van der Waals surface area contributed by atoms with Crippen molar-refractivity contribution in [2.24, 2.45) is 0 Å². The van der Waals surface area contributed by atoms with E-state index in [0.29, 0.717) is 24.0 Å². The highest BCUT2D eigenvalue weighted by Gasteiger charge is 2.41. The van der Waals surface area contributed by atoms with E-state index < -0.39 is 5.54 Å². The number of aryl methyl sites for hydroxylation is 1. The van der Waals surface area contributed by atoms with E-state index >= 15 is 0 Å². The summed E-state index contributed by atoms with van der Waals surface area (Å²) in [5, 5.41) is 11.5. The van der Waals surface area contributed by atoms with E-state index in [4.69, 9.17) is 4.52 Å². The first-order chi connectivity index (χ1) is 13.2. The van der Waals surface area contributed by atoms with Crippen LogP contribution in [0.25, 0.3) is 11.4 Å². The molecule has 0 unspecified atom stereocenters. The first-order valence-electron chi connectivity index (χ1n) is 9.31. The smallest absolute Gasteiger partial charge is 0.270 e. The zero-order valence-electron chi connectivity index (χ0n) is 15.3. The van der Waals surface area contributed by atoms with Crippen LogP contribution in [0.4, 0.5) is 0 Å². The number of hydrogen-bond acceptors (Lipinski definition) is 6. The van der Waals surface area contributed by atoms with Crippen molar-refractivity contribution in [1.29, 1.82) is 0 Å². The number of carbonyl (C=O) groups excluding carboxylic acids is 1. The maximum absolute atomic E-state index is 12.9. The van der Waals surface area contributed by atoms with Crippen LogP contribution in [0.5, 0.6) is 0 Å². The highest BCUT2D eigenvalue weighted by molar-refractivity contribution is 5.93. The van der Waals surface area contributed by atoms with Crippen LogP contribution in [-0.2, 0) is 12.1 Å². The Morgan fingerprint density at radius 1 is 1.26 bits per heavy atom. The Bertz CT molecular complexity index is 911. The average molecular weight is 366 g/mol. The summed E-state index contributed by atoms with van der Waals surface area (Å²) in [6.45, 7) is 2.59. The molecule has 0 radical (unpaired) electrons. The molecule has 27 heavy (non-hydrogen) atoms. The Labute approximate surface area is 157 Å². The molecular formula is C19H22N6O2. The summed E-state index contributed by atoms with van der Waals surface area (Å²) in [7, 11) is 0. The maximum atomic E-state index is 12.9. The molecule has 1 fully saturated rings. The highest BCUT2D eigenvalue weighted by Crippen LogP contribution is 2.37. The van der Waals surface area contributed by atoms with E-state index in [9.17, 15) is 4.79 Å². The van der Waals surface area contributed by atoms with Crippen molar-refractivity contribution in [2.45, 2.75) is 51.1 Å². The third-order valence-corrected chi connectivity index (χ3v) is 5.06. The Morgan fingerprint density at radius 3 is 2.85 bits per heavy atom. The fraction of sp³-hybridized carbons (Fsp3) is 0.421. The monoisotopic (exact) mass is 366 g/mol. The minimum absolute atomic E-state index is 0.169. The van der Waals surface area contributed by atoms with Gasteiger partial charge in [-0.25, -0.2) is 0 Å². The van der Waals surface area contributed by atoms with Gasteiger partial charge in [-0.05, 0) is 38.0 Å². The van der Waals surface area contributed by atoms with E-state index in [1.165, 1.54) is 0 Å². The number of nitrogens with zero attached hydrogens (tertiary/aromatic N) is 5. The molecular weight excluding hydrogens is 344 g/mol. The molecule has 0 spiro atoms. The number of rotatable bonds is 5. The normalized spacial score (nSPS) is 16.2. The van der Waals surface area contributed by atoms with Gasteiger partial charge in [0, 0.05) is 30.7 Å². The molecule has 1 saturated carbocycles. The Hall–Kier alpha value is -3.03. The van der Waals surface area contributed by atoms with Gasteiger partial charge < -0.3 is 9.84 Å². The molecule has 0 atom stereocenters. The average Bonchev–Trinajstić information content (AvgIpc) is 3.39. The zero-order chi connectivity index (χ0) is 18.7. The van der Waals surface area contributed by atoms with Crippen LogP contribution in [0.15, 0.2) is 41.3 Å². The van der Waals surface area contributed by atoms with Crippen molar-refractivity contribution in [3.8, 4) is 11.4 Å². The van der Waals surface area contributed by atoms with Crippen LogP contribution in [0.2, 0.25) is 0 Å². The van der Waals surface area contributed by atoms with Crippen molar-refractivity contribution in [3.05, 3.63) is 48.4 Å². The zero-order valence-corrected chi connectivity index (χ0v) is 15.3. The van der Waals surface area contributed by atoms with Gasteiger partial charge in [0.1, 0.15) is 11.2 Å². The number of nitrogens with one attached hydrogen (secondary N) is 1. The molecule has 1 amide bonds. The van der Waals surface area contributed by atoms with E-state index in [1.807, 2.05) is 19.1 Å². The van der Waals surface area contributed by atoms with Crippen molar-refractivity contribution < 1.29 is 9.32 Å². The highest BCUT2D eigenvalue weighted by atomic mass is 16.5. The summed E-state index contributed by atoms with van der Waals surface area (Å²) in [5.74, 6) is 0.769. The molecule has 0 saturated heterocycles. The molecule has 8 nitrogen and oxygen atoms in total. The molecule has 0 aromatic carbocycles. The molecule has 3 heterocycles. The summed E-state index contributed by atoms with van der Waals surface area (Å²) in [5.41, 5.74) is 0.675. The van der Waals surface area contributed by atoms with Gasteiger partial charge in [-0.1, -0.05) is 24.4 Å². The van der Waals surface area contributed by atoms with Gasteiger partial charge >= 0.3 is 0 Å². The van der Waals surface area contributed by atoms with Crippen molar-refractivity contribution in [1.82, 2.24) is 30.2 Å². The standard InChI is InChI=1S/C19H22N6O2/c1-2-25-15(8-12-21-25)17(26)23-19(9-4-3-5-10-19)18-22-16(24-27-18)14-7-6-11-20-13-14/h6-8,11-13H,2-5,9-10H2,1H3,(H,23,26). The van der Waals surface area contributed by atoms with Crippen LogP contribution in [0, 0.1) is 0 Å². The maximum Gasteiger partial charge on any atom is 0.270 e. The van der Waals surface area contributed by atoms with Crippen LogP contribution in [-0.4, -0.2) is 30.8 Å². The van der Waals surface area contributed by atoms with Crippen LogP contribution in [0.3, 0.4) is 0 Å². The Balaban J connectivity index is 1.65. The Morgan fingerprint density at radius 2 is 2.11 bits per heavy atom. The molecule has 140 valence electrons. The van der Waals surface area contributed by atoms with Gasteiger partial charge in [-0.15, -0.1) is 0 Å². The molecule has 1 aliphatic carbocycles. The molecule has 0 bridgehead atoms. The third kappa shape index (κ3) is 3.34. The second-order valence-electron chi connectivity index (χ2n) is 6.79. The summed E-state index contributed by atoms with van der Waals surface area (Å²) in [6.07, 6.45) is 9.70. The summed E-state index contributed by atoms with van der Waals surface area (Å²) >= 11 is 0. The predicted molar refractivity (Wildman–Crippen MR) is 97.7 cm³/mol. The van der Waals surface area contributed by atoms with Crippen molar-refractivity contribution >= 4 is 5.91 Å². The largest absolute Gasteiger partial charge is 0.336 e. The molecule has 0 aliphatic heterocycles. The van der Waals surface area contributed by atoms with Gasteiger partial charge in [-0.3, -0.25) is 14.5 Å². The topological polar surface area (TPSA) is 98.7 Å². The van der Waals surface area contributed by atoms with E-state index in [-0.39, 0.29) is 5.91 Å². The molecule has 3 aromatic rings. The molecule has 1 aliphatic rings. The lowest BCUT2D eigenvalue weighted by molar-refractivity contribution is 0.0813. The first kappa shape index (κ1) is 17.4. The van der Waals surface area contributed by atoms with Gasteiger partial charge in [0.2, 0.25) is 5.82 Å². The number of pyridine rings is 1. The second-order valence-corrected chi connectivity index (χ2v) is 6.79. The third-order valence-electron chi connectivity index (χ3n) is 5.06. The van der Waals surface area contributed by atoms with E-state index in [2.05, 4.69) is 25.5 Å². The minimum Gasteiger partial charge on any atom is -0.336 e. The van der Waals surface area contributed by atoms with Gasteiger partial charge in [-0.2, -0.15) is 10.1 Å². The number of aromatic nitrogens is 5. The lowest BCUT2D eigenvalue weighted by atomic mass is 9.81. The molecule has 4 rings (SSSR count). The van der Waals surface area contributed by atoms with E-state index in [0.717, 1.165) is 37.7 Å². The number of amides is 1. The first-order valence-corrected chi connectivity index (χ1v) is 9.31. The van der Waals surface area contributed by atoms with Crippen molar-refractivity contribution in [3.63, 3.8) is 0 Å². The van der Waals surface area contributed by atoms with Crippen molar-refractivity contribution in [2.75, 3.05) is 0 Å². The Kier molecular flexibility index (Phi) is 4.70. The van der Waals surface area contributed by atoms with Gasteiger partial charge in [0.25, 0.3) is 11.8 Å². The lowest BCUT2D eigenvalue weighted by Crippen LogP contribution is -2.48. The molecule has 3 aromatic heterocycles. The molecule has 1 N–H and O–H groups in total. The van der Waals surface area contributed by atoms with Gasteiger partial charge in [0.15, 0.2) is 0 Å². The number of carbonyl (C=O) groups is 1. The SMILES string of the molecule is CCn1nccc1C(=O)NC1(c2nc(-c3cccnc3)no2)CCCCC1. The molecule has 8 heteroatoms. The predicted octanol–water partition coefficient (Wildman–Crippen LogP) is 2.94.